The Morgan fingerprint density at radius 2 is 2.00 bits per heavy atom. The van der Waals surface area contributed by atoms with Gasteiger partial charge >= 0.3 is 0 Å². The van der Waals surface area contributed by atoms with Crippen LogP contribution in [0.2, 0.25) is 5.15 Å². The molecule has 7 heteroatoms. The lowest BCUT2D eigenvalue weighted by atomic mass is 10.0. The van der Waals surface area contributed by atoms with Crippen molar-refractivity contribution in [1.29, 1.82) is 0 Å². The molecule has 0 unspecified atom stereocenters. The Kier molecular flexibility index (Phi) is 5.96. The highest BCUT2D eigenvalue weighted by molar-refractivity contribution is 6.32. The van der Waals surface area contributed by atoms with Crippen molar-refractivity contribution in [2.75, 3.05) is 32.8 Å². The second-order valence-electron chi connectivity index (χ2n) is 5.77. The van der Waals surface area contributed by atoms with E-state index in [2.05, 4.69) is 15.2 Å². The smallest absolute Gasteiger partial charge is 0.254 e. The minimum Gasteiger partial charge on any atom is -0.379 e. The molecule has 0 radical (unpaired) electrons. The number of amides is 1. The summed E-state index contributed by atoms with van der Waals surface area (Å²) in [5, 5.41) is 3.08. The summed E-state index contributed by atoms with van der Waals surface area (Å²) < 4.78 is 18.6. The Labute approximate surface area is 150 Å². The first-order valence-corrected chi connectivity index (χ1v) is 8.49. The number of benzene rings is 1. The van der Waals surface area contributed by atoms with Crippen LogP contribution in [-0.4, -0.2) is 48.6 Å². The van der Waals surface area contributed by atoms with Crippen LogP contribution in [-0.2, 0) is 4.74 Å². The van der Waals surface area contributed by atoms with Gasteiger partial charge in [-0.05, 0) is 29.8 Å². The Morgan fingerprint density at radius 3 is 2.68 bits per heavy atom. The third-order valence-electron chi connectivity index (χ3n) is 4.20. The molecule has 0 spiro atoms. The SMILES string of the molecule is O=C(NC[C@H](c1ccc(F)cc1)N1CCOCC1)c1cccnc1Cl. The predicted molar refractivity (Wildman–Crippen MR) is 93.1 cm³/mol. The first-order chi connectivity index (χ1) is 12.1. The predicted octanol–water partition coefficient (Wildman–Crippen LogP) is 2.68. The topological polar surface area (TPSA) is 54.5 Å². The number of carbonyl (C=O) groups excluding carboxylic acids is 1. The van der Waals surface area contributed by atoms with E-state index >= 15 is 0 Å². The third kappa shape index (κ3) is 4.54. The third-order valence-corrected chi connectivity index (χ3v) is 4.50. The normalized spacial score (nSPS) is 16.4. The molecule has 1 aromatic heterocycles. The summed E-state index contributed by atoms with van der Waals surface area (Å²) in [5.41, 5.74) is 1.28. The lowest BCUT2D eigenvalue weighted by molar-refractivity contribution is 0.0162. The molecule has 2 aromatic rings. The maximum atomic E-state index is 13.2. The van der Waals surface area contributed by atoms with E-state index in [1.807, 2.05) is 0 Å². The number of hydrogen-bond donors (Lipinski definition) is 1. The van der Waals surface area contributed by atoms with E-state index in [0.717, 1.165) is 18.7 Å². The fourth-order valence-electron chi connectivity index (χ4n) is 2.87. The zero-order valence-corrected chi connectivity index (χ0v) is 14.4. The Hall–Kier alpha value is -2.02. The second-order valence-corrected chi connectivity index (χ2v) is 6.13. The van der Waals surface area contributed by atoms with Crippen molar-refractivity contribution in [3.63, 3.8) is 0 Å². The number of rotatable bonds is 5. The van der Waals surface area contributed by atoms with Gasteiger partial charge < -0.3 is 10.1 Å². The lowest BCUT2D eigenvalue weighted by Gasteiger charge is -2.35. The molecule has 0 aliphatic carbocycles. The van der Waals surface area contributed by atoms with E-state index in [1.54, 1.807) is 24.3 Å². The number of halogens is 2. The van der Waals surface area contributed by atoms with Gasteiger partial charge in [-0.1, -0.05) is 23.7 Å². The van der Waals surface area contributed by atoms with Crippen molar-refractivity contribution in [1.82, 2.24) is 15.2 Å². The monoisotopic (exact) mass is 363 g/mol. The van der Waals surface area contributed by atoms with E-state index in [0.29, 0.717) is 25.3 Å². The highest BCUT2D eigenvalue weighted by Crippen LogP contribution is 2.22. The van der Waals surface area contributed by atoms with Crippen molar-refractivity contribution in [2.24, 2.45) is 0 Å². The maximum Gasteiger partial charge on any atom is 0.254 e. The van der Waals surface area contributed by atoms with Gasteiger partial charge in [-0.2, -0.15) is 0 Å². The minimum atomic E-state index is -0.282. The van der Waals surface area contributed by atoms with Crippen LogP contribution in [0, 0.1) is 5.82 Å². The number of nitrogens with zero attached hydrogens (tertiary/aromatic N) is 2. The van der Waals surface area contributed by atoms with E-state index in [-0.39, 0.29) is 22.9 Å². The number of pyridine rings is 1. The molecule has 5 nitrogen and oxygen atoms in total. The number of nitrogens with one attached hydrogen (secondary N) is 1. The van der Waals surface area contributed by atoms with Crippen LogP contribution in [0.5, 0.6) is 0 Å². The molecule has 1 amide bonds. The number of morpholine rings is 1. The standard InChI is InChI=1S/C18H19ClFN3O2/c19-17-15(2-1-7-21-17)18(24)22-12-16(23-8-10-25-11-9-23)13-3-5-14(20)6-4-13/h1-7,16H,8-12H2,(H,22,24)/t16-/m1/s1. The van der Waals surface area contributed by atoms with Crippen molar-refractivity contribution >= 4 is 17.5 Å². The molecule has 25 heavy (non-hydrogen) atoms. The number of carbonyl (C=O) groups is 1. The molecule has 1 saturated heterocycles. The molecule has 2 heterocycles. The van der Waals surface area contributed by atoms with Gasteiger partial charge in [0.2, 0.25) is 0 Å². The van der Waals surface area contributed by atoms with Gasteiger partial charge in [-0.3, -0.25) is 9.69 Å². The van der Waals surface area contributed by atoms with E-state index in [1.165, 1.54) is 18.3 Å². The Morgan fingerprint density at radius 1 is 1.28 bits per heavy atom. The molecule has 3 rings (SSSR count). The molecule has 0 bridgehead atoms. The second kappa shape index (κ2) is 8.38. The summed E-state index contributed by atoms with van der Waals surface area (Å²) in [6.07, 6.45) is 1.54. The molecule has 0 saturated carbocycles. The number of aromatic nitrogens is 1. The van der Waals surface area contributed by atoms with Crippen LogP contribution in [0.25, 0.3) is 0 Å². The van der Waals surface area contributed by atoms with Gasteiger partial charge in [-0.25, -0.2) is 9.37 Å². The van der Waals surface area contributed by atoms with Crippen LogP contribution < -0.4 is 5.32 Å². The molecular weight excluding hydrogens is 345 g/mol. The van der Waals surface area contributed by atoms with Gasteiger partial charge in [0.15, 0.2) is 0 Å². The van der Waals surface area contributed by atoms with Gasteiger partial charge in [0.1, 0.15) is 11.0 Å². The fraction of sp³-hybridized carbons (Fsp3) is 0.333. The summed E-state index contributed by atoms with van der Waals surface area (Å²) >= 11 is 5.98. The highest BCUT2D eigenvalue weighted by Gasteiger charge is 2.24. The van der Waals surface area contributed by atoms with E-state index in [4.69, 9.17) is 16.3 Å². The van der Waals surface area contributed by atoms with Crippen LogP contribution >= 0.6 is 11.6 Å². The quantitative estimate of drug-likeness (QED) is 0.830. The maximum absolute atomic E-state index is 13.2. The first-order valence-electron chi connectivity index (χ1n) is 8.11. The van der Waals surface area contributed by atoms with Crippen molar-refractivity contribution < 1.29 is 13.9 Å². The fourth-order valence-corrected chi connectivity index (χ4v) is 3.08. The summed E-state index contributed by atoms with van der Waals surface area (Å²) in [5.74, 6) is -0.561. The summed E-state index contributed by atoms with van der Waals surface area (Å²) in [6, 6.07) is 9.60. The van der Waals surface area contributed by atoms with Crippen molar-refractivity contribution in [3.8, 4) is 0 Å². The zero-order chi connectivity index (χ0) is 17.6. The largest absolute Gasteiger partial charge is 0.379 e. The lowest BCUT2D eigenvalue weighted by Crippen LogP contribution is -2.43. The average molecular weight is 364 g/mol. The molecular formula is C18H19ClFN3O2. The number of hydrogen-bond acceptors (Lipinski definition) is 4. The molecule has 132 valence electrons. The van der Waals surface area contributed by atoms with Crippen molar-refractivity contribution in [3.05, 3.63) is 64.7 Å². The molecule has 1 fully saturated rings. The average Bonchev–Trinajstić information content (AvgIpc) is 2.64. The van der Waals surface area contributed by atoms with Gasteiger partial charge in [0.05, 0.1) is 24.8 Å². The van der Waals surface area contributed by atoms with E-state index < -0.39 is 0 Å². The Bertz CT molecular complexity index is 721. The zero-order valence-electron chi connectivity index (χ0n) is 13.6. The van der Waals surface area contributed by atoms with Crippen LogP contribution in [0.15, 0.2) is 42.6 Å². The summed E-state index contributed by atoms with van der Waals surface area (Å²) in [4.78, 5) is 18.5. The molecule has 1 atom stereocenters. The molecule has 1 aliphatic rings. The first kappa shape index (κ1) is 17.8. The van der Waals surface area contributed by atoms with Crippen LogP contribution in [0.1, 0.15) is 22.0 Å². The Balaban J connectivity index is 1.74. The van der Waals surface area contributed by atoms with Gasteiger partial charge in [0.25, 0.3) is 5.91 Å². The van der Waals surface area contributed by atoms with E-state index in [9.17, 15) is 9.18 Å². The molecule has 1 N–H and O–H groups in total. The summed E-state index contributed by atoms with van der Waals surface area (Å²) in [7, 11) is 0. The molecule has 1 aliphatic heterocycles. The van der Waals surface area contributed by atoms with Crippen LogP contribution in [0.3, 0.4) is 0 Å². The number of ether oxygens (including phenoxy) is 1. The molecule has 1 aromatic carbocycles. The van der Waals surface area contributed by atoms with Gasteiger partial charge in [0, 0.05) is 25.8 Å². The van der Waals surface area contributed by atoms with Crippen molar-refractivity contribution in [2.45, 2.75) is 6.04 Å². The van der Waals surface area contributed by atoms with Gasteiger partial charge in [-0.15, -0.1) is 0 Å². The minimum absolute atomic E-state index is 0.0658. The highest BCUT2D eigenvalue weighted by atomic mass is 35.5. The summed E-state index contributed by atoms with van der Waals surface area (Å²) in [6.45, 7) is 3.17. The van der Waals surface area contributed by atoms with Crippen LogP contribution in [0.4, 0.5) is 4.39 Å².